The number of piperidine rings is 2. The number of rotatable bonds is 3. The standard InChI is InChI=1S/C21H34N6O3/c1-23-8-11(7-22)17-16(29-3)6-12-18-19-14(10-25-12)26(2)21(28)27(19)13-9-24-5-4-15(13)30-20(17)18/h7-8,12-20,24-25H,4-6,9-10,22H2,1-3H3. The zero-order valence-corrected chi connectivity index (χ0v) is 18.0. The molecule has 0 aromatic rings. The van der Waals surface area contributed by atoms with Crippen molar-refractivity contribution in [1.29, 1.82) is 0 Å². The van der Waals surface area contributed by atoms with Crippen LogP contribution in [-0.2, 0) is 9.47 Å². The molecule has 0 aromatic carbocycles. The molecule has 1 aliphatic carbocycles. The van der Waals surface area contributed by atoms with E-state index < -0.39 is 0 Å². The summed E-state index contributed by atoms with van der Waals surface area (Å²) in [5.41, 5.74) is 7.01. The van der Waals surface area contributed by atoms with E-state index in [0.29, 0.717) is 0 Å². The third-order valence-electron chi connectivity index (χ3n) is 8.04. The van der Waals surface area contributed by atoms with Gasteiger partial charge >= 0.3 is 6.03 Å². The molecule has 30 heavy (non-hydrogen) atoms. The van der Waals surface area contributed by atoms with Crippen molar-refractivity contribution in [2.45, 2.75) is 55.3 Å². The van der Waals surface area contributed by atoms with Crippen molar-refractivity contribution in [3.05, 3.63) is 11.8 Å². The molecule has 4 N–H and O–H groups in total. The van der Waals surface area contributed by atoms with Crippen LogP contribution in [0.3, 0.4) is 0 Å². The van der Waals surface area contributed by atoms with Gasteiger partial charge < -0.3 is 35.6 Å². The fourth-order valence-corrected chi connectivity index (χ4v) is 6.75. The van der Waals surface area contributed by atoms with E-state index in [2.05, 4.69) is 20.5 Å². The summed E-state index contributed by atoms with van der Waals surface area (Å²) in [5.74, 6) is 0.168. The van der Waals surface area contributed by atoms with Crippen molar-refractivity contribution in [1.82, 2.24) is 20.4 Å². The molecule has 9 atom stereocenters. The van der Waals surface area contributed by atoms with Crippen molar-refractivity contribution in [2.24, 2.45) is 22.6 Å². The molecule has 9 heteroatoms. The molecule has 4 heterocycles. The van der Waals surface area contributed by atoms with Crippen LogP contribution < -0.4 is 16.4 Å². The molecule has 5 fully saturated rings. The zero-order valence-electron chi connectivity index (χ0n) is 18.0. The van der Waals surface area contributed by atoms with Crippen molar-refractivity contribution in [3.8, 4) is 0 Å². The Bertz CT molecular complexity index is 744. The molecule has 166 valence electrons. The molecule has 0 spiro atoms. The van der Waals surface area contributed by atoms with Crippen LogP contribution in [0.1, 0.15) is 12.8 Å². The monoisotopic (exact) mass is 418 g/mol. The Kier molecular flexibility index (Phi) is 5.25. The predicted molar refractivity (Wildman–Crippen MR) is 113 cm³/mol. The summed E-state index contributed by atoms with van der Waals surface area (Å²) in [6.45, 7) is 2.49. The number of carbonyl (C=O) groups excluding carboxylic acids is 1. The van der Waals surface area contributed by atoms with Crippen LogP contribution in [0, 0.1) is 11.8 Å². The fraction of sp³-hybridized carbons (Fsp3) is 0.810. The fourth-order valence-electron chi connectivity index (χ4n) is 6.75. The van der Waals surface area contributed by atoms with Gasteiger partial charge in [-0.2, -0.15) is 0 Å². The number of nitrogens with one attached hydrogen (secondary N) is 2. The smallest absolute Gasteiger partial charge is 0.320 e. The average molecular weight is 419 g/mol. The first kappa shape index (κ1) is 20.2. The number of nitrogens with zero attached hydrogens (tertiary/aromatic N) is 3. The number of amides is 2. The van der Waals surface area contributed by atoms with Gasteiger partial charge in [-0.15, -0.1) is 0 Å². The van der Waals surface area contributed by atoms with Crippen LogP contribution in [0.2, 0.25) is 0 Å². The van der Waals surface area contributed by atoms with E-state index in [9.17, 15) is 4.79 Å². The highest BCUT2D eigenvalue weighted by atomic mass is 16.5. The third-order valence-corrected chi connectivity index (χ3v) is 8.04. The van der Waals surface area contributed by atoms with Gasteiger partial charge in [0.25, 0.3) is 0 Å². The molecule has 9 nitrogen and oxygen atoms in total. The van der Waals surface area contributed by atoms with Crippen LogP contribution in [0.5, 0.6) is 0 Å². The second-order valence-corrected chi connectivity index (χ2v) is 9.24. The highest BCUT2D eigenvalue weighted by Crippen LogP contribution is 2.48. The molecule has 0 radical (unpaired) electrons. The maximum Gasteiger partial charge on any atom is 0.320 e. The lowest BCUT2D eigenvalue weighted by atomic mass is 9.65. The lowest BCUT2D eigenvalue weighted by Gasteiger charge is -2.52. The second-order valence-electron chi connectivity index (χ2n) is 9.24. The lowest BCUT2D eigenvalue weighted by molar-refractivity contribution is -0.136. The van der Waals surface area contributed by atoms with E-state index in [4.69, 9.17) is 15.2 Å². The van der Waals surface area contributed by atoms with E-state index in [1.165, 1.54) is 0 Å². The number of ether oxygens (including phenoxy) is 2. The van der Waals surface area contributed by atoms with Gasteiger partial charge in [0.2, 0.25) is 0 Å². The Morgan fingerprint density at radius 3 is 2.93 bits per heavy atom. The molecular weight excluding hydrogens is 384 g/mol. The molecule has 2 amide bonds. The number of fused-ring (bicyclic) bond motifs is 2. The summed E-state index contributed by atoms with van der Waals surface area (Å²) in [6.07, 6.45) is 5.15. The van der Waals surface area contributed by atoms with Crippen molar-refractivity contribution >= 4 is 12.2 Å². The summed E-state index contributed by atoms with van der Waals surface area (Å²) in [7, 11) is 5.47. The molecule has 9 unspecified atom stereocenters. The zero-order chi connectivity index (χ0) is 21.0. The summed E-state index contributed by atoms with van der Waals surface area (Å²) < 4.78 is 12.9. The van der Waals surface area contributed by atoms with Crippen molar-refractivity contribution in [3.63, 3.8) is 0 Å². The lowest BCUT2D eigenvalue weighted by Crippen LogP contribution is -2.68. The maximum atomic E-state index is 13.4. The Morgan fingerprint density at radius 1 is 1.37 bits per heavy atom. The molecular formula is C21H34N6O3. The van der Waals surface area contributed by atoms with E-state index >= 15 is 0 Å². The number of likely N-dealkylation sites (N-methyl/N-ethyl adjacent to an activating group) is 1. The summed E-state index contributed by atoms with van der Waals surface area (Å²) >= 11 is 0. The van der Waals surface area contributed by atoms with Gasteiger partial charge in [0.05, 0.1) is 36.4 Å². The minimum Gasteiger partial charge on any atom is -0.404 e. The first-order chi connectivity index (χ1) is 14.6. The van der Waals surface area contributed by atoms with Gasteiger partial charge in [0, 0.05) is 58.4 Å². The van der Waals surface area contributed by atoms with Gasteiger partial charge in [-0.05, 0) is 31.2 Å². The molecule has 4 aliphatic heterocycles. The predicted octanol–water partition coefficient (Wildman–Crippen LogP) is -0.614. The largest absolute Gasteiger partial charge is 0.404 e. The van der Waals surface area contributed by atoms with Gasteiger partial charge in [-0.3, -0.25) is 4.99 Å². The van der Waals surface area contributed by atoms with Crippen molar-refractivity contribution < 1.29 is 14.3 Å². The van der Waals surface area contributed by atoms with Crippen molar-refractivity contribution in [2.75, 3.05) is 40.8 Å². The summed E-state index contributed by atoms with van der Waals surface area (Å²) in [5, 5.41) is 7.22. The Labute approximate surface area is 178 Å². The van der Waals surface area contributed by atoms with E-state index in [-0.39, 0.29) is 60.3 Å². The van der Waals surface area contributed by atoms with E-state index in [0.717, 1.165) is 38.0 Å². The van der Waals surface area contributed by atoms with Gasteiger partial charge in [0.15, 0.2) is 0 Å². The number of hydrogen-bond acceptors (Lipinski definition) is 7. The molecule has 4 saturated heterocycles. The molecule has 5 rings (SSSR count). The van der Waals surface area contributed by atoms with Crippen LogP contribution in [-0.4, -0.2) is 105 Å². The number of carbonyl (C=O) groups is 1. The number of urea groups is 1. The molecule has 1 saturated carbocycles. The highest BCUT2D eigenvalue weighted by molar-refractivity contribution is 5.80. The minimum absolute atomic E-state index is 0.00861. The van der Waals surface area contributed by atoms with Crippen LogP contribution in [0.4, 0.5) is 4.79 Å². The maximum absolute atomic E-state index is 13.4. The van der Waals surface area contributed by atoms with Crippen LogP contribution >= 0.6 is 0 Å². The molecule has 5 aliphatic rings. The highest BCUT2D eigenvalue weighted by Gasteiger charge is 2.63. The number of nitrogens with two attached hydrogens (primary N) is 1. The first-order valence-electron chi connectivity index (χ1n) is 11.1. The normalized spacial score (nSPS) is 46.0. The van der Waals surface area contributed by atoms with E-state index in [1.54, 1.807) is 20.4 Å². The summed E-state index contributed by atoms with van der Waals surface area (Å²) in [6, 6.07) is 0.706. The summed E-state index contributed by atoms with van der Waals surface area (Å²) in [4.78, 5) is 21.7. The van der Waals surface area contributed by atoms with Gasteiger partial charge in [-0.1, -0.05) is 0 Å². The minimum atomic E-state index is -0.0864. The number of methoxy groups -OCH3 is 1. The van der Waals surface area contributed by atoms with Crippen LogP contribution in [0.25, 0.3) is 0 Å². The number of hydrogen-bond donors (Lipinski definition) is 3. The van der Waals surface area contributed by atoms with Gasteiger partial charge in [-0.25, -0.2) is 4.79 Å². The Morgan fingerprint density at radius 2 is 2.20 bits per heavy atom. The quantitative estimate of drug-likeness (QED) is 0.528. The first-order valence-corrected chi connectivity index (χ1v) is 11.1. The topological polar surface area (TPSA) is 104 Å². The molecule has 0 aromatic heterocycles. The second kappa shape index (κ2) is 7.78. The Balaban J connectivity index is 1.63. The average Bonchev–Trinajstić information content (AvgIpc) is 2.92. The third kappa shape index (κ3) is 2.82. The van der Waals surface area contributed by atoms with Crippen LogP contribution in [0.15, 0.2) is 16.8 Å². The number of aliphatic imine (C=N–C) groups is 1. The SMILES string of the molecule is CN=CC(=CN)C1C(OC)CC2NCC3C4C2C1OC1CCNCC1N4C(=O)N3C. The van der Waals surface area contributed by atoms with E-state index in [1.807, 2.05) is 18.2 Å². The molecule has 0 bridgehead atoms. The van der Waals surface area contributed by atoms with Gasteiger partial charge in [0.1, 0.15) is 0 Å². The Hall–Kier alpha value is -1.68.